The second-order valence-corrected chi connectivity index (χ2v) is 10.0. The van der Waals surface area contributed by atoms with Crippen molar-refractivity contribution < 1.29 is 24.1 Å². The zero-order valence-electron chi connectivity index (χ0n) is 20.7. The van der Waals surface area contributed by atoms with E-state index < -0.39 is 6.10 Å². The van der Waals surface area contributed by atoms with Crippen LogP contribution < -0.4 is 4.74 Å². The highest BCUT2D eigenvalue weighted by molar-refractivity contribution is 7.10. The first kappa shape index (κ1) is 26.6. The Morgan fingerprint density at radius 2 is 2.03 bits per heavy atom. The summed E-state index contributed by atoms with van der Waals surface area (Å²) in [5.74, 6) is 0.831. The molecular formula is C26H38N2O5S. The number of hydrogen-bond acceptors (Lipinski definition) is 7. The van der Waals surface area contributed by atoms with Crippen LogP contribution in [0.25, 0.3) is 0 Å². The molecule has 2 atom stereocenters. The monoisotopic (exact) mass is 490 g/mol. The largest absolute Gasteiger partial charge is 0.491 e. The molecule has 0 unspecified atom stereocenters. The molecule has 8 heteroatoms. The topological polar surface area (TPSA) is 71.5 Å². The van der Waals surface area contributed by atoms with Crippen LogP contribution >= 0.6 is 11.3 Å². The number of aryl methyl sites for hydroxylation is 1. The third-order valence-corrected chi connectivity index (χ3v) is 6.90. The summed E-state index contributed by atoms with van der Waals surface area (Å²) in [6, 6.07) is 9.95. The average Bonchev–Trinajstić information content (AvgIpc) is 3.29. The number of benzene rings is 1. The fourth-order valence-electron chi connectivity index (χ4n) is 4.08. The first-order valence-electron chi connectivity index (χ1n) is 11.9. The number of thiophene rings is 1. The molecule has 2 heterocycles. The zero-order valence-corrected chi connectivity index (χ0v) is 21.6. The quantitative estimate of drug-likeness (QED) is 0.465. The molecule has 188 valence electrons. The van der Waals surface area contributed by atoms with Crippen LogP contribution in [0.4, 0.5) is 0 Å². The zero-order chi connectivity index (χ0) is 24.5. The predicted octanol–water partition coefficient (Wildman–Crippen LogP) is 3.30. The molecule has 1 amide bonds. The summed E-state index contributed by atoms with van der Waals surface area (Å²) < 4.78 is 16.9. The molecule has 0 bridgehead atoms. The number of carbonyl (C=O) groups is 1. The van der Waals surface area contributed by atoms with Gasteiger partial charge in [-0.2, -0.15) is 0 Å². The number of hydrogen-bond donors (Lipinski definition) is 1. The predicted molar refractivity (Wildman–Crippen MR) is 135 cm³/mol. The van der Waals surface area contributed by atoms with Crippen LogP contribution in [0.3, 0.4) is 0 Å². The lowest BCUT2D eigenvalue weighted by Gasteiger charge is -2.37. The second kappa shape index (κ2) is 13.2. The molecule has 0 fully saturated rings. The molecule has 0 aliphatic carbocycles. The van der Waals surface area contributed by atoms with Gasteiger partial charge in [0.1, 0.15) is 12.4 Å². The fourth-order valence-corrected chi connectivity index (χ4v) is 5.00. The molecule has 0 saturated heterocycles. The van der Waals surface area contributed by atoms with Gasteiger partial charge in [0.25, 0.3) is 0 Å². The number of rotatable bonds is 13. The molecular weight excluding hydrogens is 452 g/mol. The standard InChI is InChI=1S/C26H38N2O5S/c1-19(2)32-17-21(29)15-27(12-13-31-4)16-26(30)28-11-9-25-23(10-14-34-25)24(28)18-33-22-7-5-20(3)6-8-22/h5-8,10,14,19,21,24,29H,9,11-13,15-18H2,1-4H3/t21-,24-/m0/s1. The summed E-state index contributed by atoms with van der Waals surface area (Å²) in [6.45, 7) is 8.83. The summed E-state index contributed by atoms with van der Waals surface area (Å²) in [5.41, 5.74) is 2.35. The highest BCUT2D eigenvalue weighted by atomic mass is 32.1. The number of amides is 1. The van der Waals surface area contributed by atoms with E-state index in [9.17, 15) is 9.90 Å². The van der Waals surface area contributed by atoms with Crippen molar-refractivity contribution in [2.45, 2.75) is 45.4 Å². The maximum atomic E-state index is 13.5. The Bertz CT molecular complexity index is 886. The minimum atomic E-state index is -0.669. The van der Waals surface area contributed by atoms with Crippen LogP contribution in [0.15, 0.2) is 35.7 Å². The molecule has 7 nitrogen and oxygen atoms in total. The smallest absolute Gasteiger partial charge is 0.237 e. The van der Waals surface area contributed by atoms with E-state index in [-0.39, 0.29) is 31.2 Å². The fraction of sp³-hybridized carbons (Fsp3) is 0.577. The summed E-state index contributed by atoms with van der Waals surface area (Å²) in [4.78, 5) is 18.7. The molecule has 3 rings (SSSR count). The van der Waals surface area contributed by atoms with Crippen LogP contribution in [-0.4, -0.2) is 86.1 Å². The van der Waals surface area contributed by atoms with Gasteiger partial charge in [-0.1, -0.05) is 17.7 Å². The van der Waals surface area contributed by atoms with E-state index in [4.69, 9.17) is 14.2 Å². The minimum Gasteiger partial charge on any atom is -0.491 e. The normalized spacial score (nSPS) is 16.7. The molecule has 34 heavy (non-hydrogen) atoms. The van der Waals surface area contributed by atoms with Crippen LogP contribution in [0.1, 0.15) is 35.9 Å². The number of methoxy groups -OCH3 is 1. The van der Waals surface area contributed by atoms with Gasteiger partial charge in [-0.05, 0) is 56.3 Å². The number of ether oxygens (including phenoxy) is 3. The molecule has 0 radical (unpaired) electrons. The Balaban J connectivity index is 1.68. The maximum absolute atomic E-state index is 13.5. The Morgan fingerprint density at radius 1 is 1.26 bits per heavy atom. The Labute approximate surface area is 207 Å². The molecule has 1 N–H and O–H groups in total. The van der Waals surface area contributed by atoms with Crippen molar-refractivity contribution in [3.8, 4) is 5.75 Å². The van der Waals surface area contributed by atoms with Crippen LogP contribution in [0.2, 0.25) is 0 Å². The number of nitrogens with zero attached hydrogens (tertiary/aromatic N) is 2. The third-order valence-electron chi connectivity index (χ3n) is 5.91. The van der Waals surface area contributed by atoms with Gasteiger partial charge in [0.05, 0.1) is 38.0 Å². The summed E-state index contributed by atoms with van der Waals surface area (Å²) >= 11 is 1.74. The third kappa shape index (κ3) is 7.78. The van der Waals surface area contributed by atoms with Crippen molar-refractivity contribution in [1.29, 1.82) is 0 Å². The first-order chi connectivity index (χ1) is 16.4. The minimum absolute atomic E-state index is 0.0300. The Hall–Kier alpha value is -1.97. The Morgan fingerprint density at radius 3 is 2.74 bits per heavy atom. The van der Waals surface area contributed by atoms with Gasteiger partial charge in [-0.25, -0.2) is 0 Å². The molecule has 0 spiro atoms. The number of carbonyl (C=O) groups excluding carboxylic acids is 1. The van der Waals surface area contributed by atoms with E-state index in [0.717, 1.165) is 12.2 Å². The van der Waals surface area contributed by atoms with Gasteiger partial charge >= 0.3 is 0 Å². The van der Waals surface area contributed by atoms with E-state index in [1.54, 1.807) is 18.4 Å². The van der Waals surface area contributed by atoms with Crippen molar-refractivity contribution in [3.05, 3.63) is 51.7 Å². The van der Waals surface area contributed by atoms with Gasteiger partial charge in [-0.15, -0.1) is 11.3 Å². The van der Waals surface area contributed by atoms with E-state index in [1.165, 1.54) is 16.0 Å². The molecule has 2 aromatic rings. The summed E-state index contributed by atoms with van der Waals surface area (Å²) in [6.07, 6.45) is 0.228. The molecule has 1 aromatic carbocycles. The molecule has 0 saturated carbocycles. The van der Waals surface area contributed by atoms with Crippen molar-refractivity contribution in [2.24, 2.45) is 0 Å². The second-order valence-electron chi connectivity index (χ2n) is 9.04. The lowest BCUT2D eigenvalue weighted by Crippen LogP contribution is -2.48. The van der Waals surface area contributed by atoms with E-state index in [0.29, 0.717) is 32.8 Å². The number of aliphatic hydroxyl groups is 1. The first-order valence-corrected chi connectivity index (χ1v) is 12.8. The van der Waals surface area contributed by atoms with Gasteiger partial charge in [0.2, 0.25) is 5.91 Å². The van der Waals surface area contributed by atoms with E-state index >= 15 is 0 Å². The van der Waals surface area contributed by atoms with Gasteiger partial charge in [0.15, 0.2) is 0 Å². The van der Waals surface area contributed by atoms with Crippen molar-refractivity contribution in [2.75, 3.05) is 53.1 Å². The Kier molecular flexibility index (Phi) is 10.3. The molecule has 1 aliphatic rings. The number of fused-ring (bicyclic) bond motifs is 1. The van der Waals surface area contributed by atoms with Gasteiger partial charge in [0, 0.05) is 31.6 Å². The van der Waals surface area contributed by atoms with E-state index in [1.807, 2.05) is 54.8 Å². The summed E-state index contributed by atoms with van der Waals surface area (Å²) in [7, 11) is 1.64. The van der Waals surface area contributed by atoms with Crippen molar-refractivity contribution in [1.82, 2.24) is 9.80 Å². The lowest BCUT2D eigenvalue weighted by atomic mass is 10.0. The van der Waals surface area contributed by atoms with Crippen LogP contribution in [-0.2, 0) is 20.7 Å². The van der Waals surface area contributed by atoms with Crippen LogP contribution in [0.5, 0.6) is 5.75 Å². The average molecular weight is 491 g/mol. The maximum Gasteiger partial charge on any atom is 0.237 e. The van der Waals surface area contributed by atoms with Gasteiger partial charge in [-0.3, -0.25) is 9.69 Å². The number of aliphatic hydroxyl groups excluding tert-OH is 1. The molecule has 1 aromatic heterocycles. The van der Waals surface area contributed by atoms with Gasteiger partial charge < -0.3 is 24.2 Å². The lowest BCUT2D eigenvalue weighted by molar-refractivity contribution is -0.136. The highest BCUT2D eigenvalue weighted by Gasteiger charge is 2.33. The molecule has 1 aliphatic heterocycles. The van der Waals surface area contributed by atoms with Crippen molar-refractivity contribution >= 4 is 17.2 Å². The SMILES string of the molecule is COCCN(CC(=O)N1CCc2sccc2[C@@H]1COc1ccc(C)cc1)C[C@H](O)COC(C)C. The highest BCUT2D eigenvalue weighted by Crippen LogP contribution is 2.34. The van der Waals surface area contributed by atoms with Crippen LogP contribution in [0, 0.1) is 6.92 Å². The van der Waals surface area contributed by atoms with Crippen molar-refractivity contribution in [3.63, 3.8) is 0 Å². The van der Waals surface area contributed by atoms with E-state index in [2.05, 4.69) is 11.4 Å². The summed E-state index contributed by atoms with van der Waals surface area (Å²) in [5, 5.41) is 12.5.